The number of esters is 1. The van der Waals surface area contributed by atoms with Crippen LogP contribution < -0.4 is 0 Å². The van der Waals surface area contributed by atoms with Crippen LogP contribution in [0.1, 0.15) is 30.1 Å². The summed E-state index contributed by atoms with van der Waals surface area (Å²) in [5, 5.41) is 9.75. The lowest BCUT2D eigenvalue weighted by Gasteiger charge is -2.10. The van der Waals surface area contributed by atoms with E-state index < -0.39 is 6.10 Å². The van der Waals surface area contributed by atoms with Crippen LogP contribution in [0.3, 0.4) is 0 Å². The lowest BCUT2D eigenvalue weighted by molar-refractivity contribution is -0.141. The number of hydrogen-bond donors (Lipinski definition) is 1. The Labute approximate surface area is 89.7 Å². The van der Waals surface area contributed by atoms with Crippen molar-refractivity contribution in [3.05, 3.63) is 35.4 Å². The molecule has 1 N–H and O–H groups in total. The van der Waals surface area contributed by atoms with Crippen LogP contribution in [-0.2, 0) is 9.53 Å². The van der Waals surface area contributed by atoms with Crippen molar-refractivity contribution in [2.75, 3.05) is 7.11 Å². The highest BCUT2D eigenvalue weighted by molar-refractivity contribution is 5.69. The van der Waals surface area contributed by atoms with E-state index in [-0.39, 0.29) is 12.4 Å². The van der Waals surface area contributed by atoms with Crippen molar-refractivity contribution < 1.29 is 14.6 Å². The van der Waals surface area contributed by atoms with Crippen molar-refractivity contribution in [1.82, 2.24) is 0 Å². The molecule has 0 unspecified atom stereocenters. The van der Waals surface area contributed by atoms with Gasteiger partial charge in [0.25, 0.3) is 0 Å². The molecule has 0 saturated heterocycles. The average molecular weight is 208 g/mol. The molecule has 0 aliphatic rings. The molecule has 0 aliphatic heterocycles. The van der Waals surface area contributed by atoms with Gasteiger partial charge in [-0.15, -0.1) is 0 Å². The highest BCUT2D eigenvalue weighted by Crippen LogP contribution is 2.18. The minimum absolute atomic E-state index is 0.242. The van der Waals surface area contributed by atoms with Gasteiger partial charge in [-0.25, -0.2) is 0 Å². The van der Waals surface area contributed by atoms with Gasteiger partial charge in [0.15, 0.2) is 0 Å². The van der Waals surface area contributed by atoms with Gasteiger partial charge in [-0.3, -0.25) is 4.79 Å². The zero-order valence-electron chi connectivity index (χ0n) is 9.06. The van der Waals surface area contributed by atoms with Gasteiger partial charge in [0.1, 0.15) is 0 Å². The van der Waals surface area contributed by atoms with Crippen LogP contribution in [0.15, 0.2) is 24.3 Å². The van der Waals surface area contributed by atoms with Gasteiger partial charge >= 0.3 is 5.97 Å². The molecule has 0 radical (unpaired) electrons. The van der Waals surface area contributed by atoms with E-state index >= 15 is 0 Å². The maximum atomic E-state index is 10.9. The van der Waals surface area contributed by atoms with E-state index in [4.69, 9.17) is 0 Å². The third-order valence-electron chi connectivity index (χ3n) is 2.31. The summed E-state index contributed by atoms with van der Waals surface area (Å²) in [5.41, 5.74) is 1.99. The highest BCUT2D eigenvalue weighted by Gasteiger charge is 2.09. The minimum Gasteiger partial charge on any atom is -0.469 e. The SMILES string of the molecule is COC(=O)CC[C@H](O)c1ccc(C)cc1. The molecule has 0 spiro atoms. The van der Waals surface area contributed by atoms with E-state index in [0.29, 0.717) is 6.42 Å². The lowest BCUT2D eigenvalue weighted by Crippen LogP contribution is -2.04. The third-order valence-corrected chi connectivity index (χ3v) is 2.31. The third kappa shape index (κ3) is 3.72. The summed E-state index contributed by atoms with van der Waals surface area (Å²) in [6, 6.07) is 7.63. The number of hydrogen-bond acceptors (Lipinski definition) is 3. The topological polar surface area (TPSA) is 46.5 Å². The number of aliphatic hydroxyl groups excluding tert-OH is 1. The van der Waals surface area contributed by atoms with E-state index in [1.54, 1.807) is 0 Å². The molecule has 1 rings (SSSR count). The van der Waals surface area contributed by atoms with E-state index in [9.17, 15) is 9.90 Å². The fourth-order valence-corrected chi connectivity index (χ4v) is 1.31. The number of aryl methyl sites for hydroxylation is 1. The Morgan fingerprint density at radius 3 is 2.53 bits per heavy atom. The second-order valence-electron chi connectivity index (χ2n) is 3.54. The molecular weight excluding hydrogens is 192 g/mol. The molecule has 3 heteroatoms. The molecule has 0 aliphatic carbocycles. The summed E-state index contributed by atoms with van der Waals surface area (Å²) >= 11 is 0. The molecule has 0 heterocycles. The smallest absolute Gasteiger partial charge is 0.305 e. The fourth-order valence-electron chi connectivity index (χ4n) is 1.31. The summed E-state index contributed by atoms with van der Waals surface area (Å²) in [7, 11) is 1.35. The van der Waals surface area contributed by atoms with Gasteiger partial charge in [0.05, 0.1) is 13.2 Å². The van der Waals surface area contributed by atoms with Crippen LogP contribution in [0, 0.1) is 6.92 Å². The predicted octanol–water partition coefficient (Wildman–Crippen LogP) is 1.98. The molecular formula is C12H16O3. The monoisotopic (exact) mass is 208 g/mol. The van der Waals surface area contributed by atoms with Crippen LogP contribution in [0.2, 0.25) is 0 Å². The van der Waals surface area contributed by atoms with Crippen LogP contribution >= 0.6 is 0 Å². The average Bonchev–Trinajstić information content (AvgIpc) is 2.26. The maximum absolute atomic E-state index is 10.9. The molecule has 1 aromatic carbocycles. The van der Waals surface area contributed by atoms with Gasteiger partial charge in [-0.1, -0.05) is 29.8 Å². The first kappa shape index (κ1) is 11.7. The van der Waals surface area contributed by atoms with Gasteiger partial charge in [-0.2, -0.15) is 0 Å². The van der Waals surface area contributed by atoms with E-state index in [2.05, 4.69) is 4.74 Å². The molecule has 0 fully saturated rings. The molecule has 0 bridgehead atoms. The van der Waals surface area contributed by atoms with E-state index in [1.165, 1.54) is 7.11 Å². The molecule has 0 amide bonds. The fraction of sp³-hybridized carbons (Fsp3) is 0.417. The first-order valence-electron chi connectivity index (χ1n) is 4.95. The zero-order valence-corrected chi connectivity index (χ0v) is 9.06. The minimum atomic E-state index is -0.593. The Kier molecular flexibility index (Phi) is 4.31. The van der Waals surface area contributed by atoms with Crippen molar-refractivity contribution in [1.29, 1.82) is 0 Å². The van der Waals surface area contributed by atoms with Crippen molar-refractivity contribution in [3.8, 4) is 0 Å². The number of rotatable bonds is 4. The van der Waals surface area contributed by atoms with Crippen molar-refractivity contribution in [3.63, 3.8) is 0 Å². The molecule has 1 aromatic rings. The maximum Gasteiger partial charge on any atom is 0.305 e. The molecule has 82 valence electrons. The van der Waals surface area contributed by atoms with Crippen LogP contribution in [0.25, 0.3) is 0 Å². The second-order valence-corrected chi connectivity index (χ2v) is 3.54. The number of aliphatic hydroxyl groups is 1. The summed E-state index contributed by atoms with van der Waals surface area (Å²) in [6.45, 7) is 1.99. The first-order valence-corrected chi connectivity index (χ1v) is 4.95. The highest BCUT2D eigenvalue weighted by atomic mass is 16.5. The van der Waals surface area contributed by atoms with Gasteiger partial charge in [0, 0.05) is 6.42 Å². The summed E-state index contributed by atoms with van der Waals surface area (Å²) in [4.78, 5) is 10.9. The number of carbonyl (C=O) groups is 1. The van der Waals surface area contributed by atoms with Gasteiger partial charge in [-0.05, 0) is 18.9 Å². The Balaban J connectivity index is 2.50. The van der Waals surface area contributed by atoms with Crippen LogP contribution in [0.4, 0.5) is 0 Å². The van der Waals surface area contributed by atoms with E-state index in [1.807, 2.05) is 31.2 Å². The van der Waals surface area contributed by atoms with Gasteiger partial charge < -0.3 is 9.84 Å². The van der Waals surface area contributed by atoms with Crippen molar-refractivity contribution in [2.24, 2.45) is 0 Å². The Bertz CT molecular complexity index is 316. The number of carbonyl (C=O) groups excluding carboxylic acids is 1. The van der Waals surface area contributed by atoms with Gasteiger partial charge in [0.2, 0.25) is 0 Å². The largest absolute Gasteiger partial charge is 0.469 e. The lowest BCUT2D eigenvalue weighted by atomic mass is 10.0. The number of benzene rings is 1. The molecule has 0 aromatic heterocycles. The molecule has 15 heavy (non-hydrogen) atoms. The zero-order chi connectivity index (χ0) is 11.3. The standard InChI is InChI=1S/C12H16O3/c1-9-3-5-10(6-4-9)11(13)7-8-12(14)15-2/h3-6,11,13H,7-8H2,1-2H3/t11-/m0/s1. The van der Waals surface area contributed by atoms with E-state index in [0.717, 1.165) is 11.1 Å². The summed E-state index contributed by atoms with van der Waals surface area (Å²) < 4.78 is 4.51. The Hall–Kier alpha value is -1.35. The first-order chi connectivity index (χ1) is 7.13. The quantitative estimate of drug-likeness (QED) is 0.769. The van der Waals surface area contributed by atoms with Crippen molar-refractivity contribution >= 4 is 5.97 Å². The Morgan fingerprint density at radius 2 is 2.00 bits per heavy atom. The van der Waals surface area contributed by atoms with Crippen LogP contribution in [0.5, 0.6) is 0 Å². The Morgan fingerprint density at radius 1 is 1.40 bits per heavy atom. The molecule has 3 nitrogen and oxygen atoms in total. The molecule has 1 atom stereocenters. The molecule has 0 saturated carbocycles. The number of ether oxygens (including phenoxy) is 1. The number of methoxy groups -OCH3 is 1. The van der Waals surface area contributed by atoms with Crippen LogP contribution in [-0.4, -0.2) is 18.2 Å². The van der Waals surface area contributed by atoms with Crippen molar-refractivity contribution in [2.45, 2.75) is 25.9 Å². The summed E-state index contributed by atoms with van der Waals surface area (Å²) in [5.74, 6) is -0.291. The normalized spacial score (nSPS) is 12.2. The summed E-state index contributed by atoms with van der Waals surface area (Å²) in [6.07, 6.45) is 0.0473. The second kappa shape index (κ2) is 5.51. The predicted molar refractivity (Wildman–Crippen MR) is 57.4 cm³/mol.